The molecule has 0 saturated carbocycles. The van der Waals surface area contributed by atoms with Gasteiger partial charge in [0.05, 0.1) is 44.4 Å². The van der Waals surface area contributed by atoms with Crippen LogP contribution in [0.1, 0.15) is 114 Å². The number of nitrogens with zero attached hydrogens (tertiary/aromatic N) is 2. The standard InChI is InChI=1S/C63H103N13O20/c1-29(2)23-31(5)17-20-41(80)25-44(81)66-26-46(83)70-49(36(10)77)58(88)72-48(34(8)64)57(87)71-47(32(6)33(7)54(65)84)56(86)73-50-38(12)96-63(93)35(9)75(13)62(92)51(53(95-16)39-18-21-40(79)22-19-39)74-60(90)52(37(11)78)76(14)61(91)42(24-30(3)4)68-45(82)27-67-55(85)43(28-94-15)69-59(50)89/h17-22,29-38,41-43,47-53,77-80H,23-28,64H2,1-16H3,(H2,65,84)(H,66,81)(H,67,85)(H,68,82)(H,69,89)(H,70,83)(H,71,87)(H,72,88)(H,73,86)(H,74,90)/b20-17-/t31?,32-,33+,34-,35-,36+,37+,38+,41?,42-,43?,47-,48-,49-,50+,51+,52-,53+/m0/s1. The quantitative estimate of drug-likeness (QED) is 0.0280. The first-order valence-electron chi connectivity index (χ1n) is 31.7. The Labute approximate surface area is 559 Å². The Morgan fingerprint density at radius 1 is 0.719 bits per heavy atom. The van der Waals surface area contributed by atoms with Gasteiger partial charge < -0.3 is 104 Å². The van der Waals surface area contributed by atoms with Crippen LogP contribution in [0, 0.1) is 29.6 Å². The highest BCUT2D eigenvalue weighted by atomic mass is 16.5. The van der Waals surface area contributed by atoms with Crippen molar-refractivity contribution in [3.8, 4) is 5.75 Å². The Bertz CT molecular complexity index is 2880. The minimum Gasteiger partial charge on any atom is -0.508 e. The predicted molar refractivity (Wildman–Crippen MR) is 346 cm³/mol. The number of esters is 1. The highest BCUT2D eigenvalue weighted by Gasteiger charge is 2.44. The normalized spacial score (nSPS) is 23.5. The summed E-state index contributed by atoms with van der Waals surface area (Å²) in [5.74, 6) is -16.5. The molecule has 0 aromatic heterocycles. The van der Waals surface area contributed by atoms with Gasteiger partial charge in [-0.2, -0.15) is 0 Å². The average Bonchev–Trinajstić information content (AvgIpc) is 0.818. The number of nitrogens with two attached hydrogens (primary N) is 2. The van der Waals surface area contributed by atoms with Crippen molar-refractivity contribution in [1.82, 2.24) is 57.7 Å². The summed E-state index contributed by atoms with van der Waals surface area (Å²) in [4.78, 5) is 184. The van der Waals surface area contributed by atoms with Crippen LogP contribution in [0.4, 0.5) is 0 Å². The molecule has 1 saturated heterocycles. The summed E-state index contributed by atoms with van der Waals surface area (Å²) in [6, 6.07) is -12.0. The topological polar surface area (TPSA) is 497 Å². The van der Waals surface area contributed by atoms with E-state index in [9.17, 15) is 82.8 Å². The highest BCUT2D eigenvalue weighted by Crippen LogP contribution is 2.26. The fraction of sp³-hybridized carbons (Fsp3) is 0.667. The summed E-state index contributed by atoms with van der Waals surface area (Å²) < 4.78 is 16.8. The predicted octanol–water partition coefficient (Wildman–Crippen LogP) is -4.13. The van der Waals surface area contributed by atoms with Gasteiger partial charge in [-0.25, -0.2) is 4.79 Å². The minimum absolute atomic E-state index is 0.0354. The van der Waals surface area contributed by atoms with Gasteiger partial charge in [-0.15, -0.1) is 0 Å². The number of hydrogen-bond donors (Lipinski definition) is 15. The number of carbonyl (C=O) groups is 13. The van der Waals surface area contributed by atoms with Gasteiger partial charge >= 0.3 is 5.97 Å². The van der Waals surface area contributed by atoms with Gasteiger partial charge in [0.2, 0.25) is 70.9 Å². The number of nitrogens with one attached hydrogen (secondary N) is 9. The number of rotatable bonds is 28. The van der Waals surface area contributed by atoms with E-state index in [4.69, 9.17) is 25.7 Å². The van der Waals surface area contributed by atoms with Crippen molar-refractivity contribution in [2.24, 2.45) is 41.1 Å². The smallest absolute Gasteiger partial charge is 0.328 e. The molecular weight excluding hydrogens is 1260 g/mol. The molecule has 1 aromatic rings. The van der Waals surface area contributed by atoms with Crippen molar-refractivity contribution in [3.05, 3.63) is 42.0 Å². The second-order valence-corrected chi connectivity index (χ2v) is 25.3. The minimum atomic E-state index is -2.11. The Morgan fingerprint density at radius 2 is 1.31 bits per heavy atom. The van der Waals surface area contributed by atoms with Crippen molar-refractivity contribution in [3.63, 3.8) is 0 Å². The second kappa shape index (κ2) is 39.6. The third-order valence-electron chi connectivity index (χ3n) is 16.1. The number of ether oxygens (including phenoxy) is 3. The van der Waals surface area contributed by atoms with Crippen LogP contribution in [0.2, 0.25) is 0 Å². The Balaban J connectivity index is 2.77. The number of benzene rings is 1. The van der Waals surface area contributed by atoms with Crippen LogP contribution in [0.25, 0.3) is 0 Å². The lowest BCUT2D eigenvalue weighted by Gasteiger charge is -2.36. The molecule has 1 heterocycles. The largest absolute Gasteiger partial charge is 0.508 e. The van der Waals surface area contributed by atoms with Crippen LogP contribution in [0.15, 0.2) is 36.4 Å². The maximum Gasteiger partial charge on any atom is 0.328 e. The molecule has 33 heteroatoms. The molecule has 1 fully saturated rings. The van der Waals surface area contributed by atoms with Gasteiger partial charge in [0.15, 0.2) is 0 Å². The zero-order chi connectivity index (χ0) is 73.3. The molecule has 0 aliphatic carbocycles. The maximum atomic E-state index is 14.9. The van der Waals surface area contributed by atoms with E-state index in [1.165, 1.54) is 79.1 Å². The maximum absolute atomic E-state index is 14.9. The molecular formula is C63H103N13O20. The van der Waals surface area contributed by atoms with E-state index < -0.39 is 206 Å². The highest BCUT2D eigenvalue weighted by molar-refractivity contribution is 5.99. The van der Waals surface area contributed by atoms with Crippen molar-refractivity contribution < 1.29 is 97.0 Å². The van der Waals surface area contributed by atoms with Crippen molar-refractivity contribution in [2.45, 2.75) is 193 Å². The van der Waals surface area contributed by atoms with E-state index in [0.717, 1.165) is 44.2 Å². The van der Waals surface area contributed by atoms with Gasteiger partial charge in [-0.05, 0) is 88.8 Å². The van der Waals surface area contributed by atoms with E-state index >= 15 is 0 Å². The second-order valence-electron chi connectivity index (χ2n) is 25.3. The summed E-state index contributed by atoms with van der Waals surface area (Å²) in [6.07, 6.45) is -4.07. The molecule has 1 aromatic carbocycles. The molecule has 0 bridgehead atoms. The number of aliphatic hydroxyl groups is 3. The summed E-state index contributed by atoms with van der Waals surface area (Å²) >= 11 is 0. The molecule has 17 N–H and O–H groups in total. The number of aliphatic hydroxyl groups excluding tert-OH is 3. The molecule has 0 spiro atoms. The lowest BCUT2D eigenvalue weighted by molar-refractivity contribution is -0.162. The average molecular weight is 1360 g/mol. The number of phenols is 1. The van der Waals surface area contributed by atoms with Crippen LogP contribution in [-0.2, 0) is 76.5 Å². The molecule has 96 heavy (non-hydrogen) atoms. The van der Waals surface area contributed by atoms with Crippen LogP contribution in [0.5, 0.6) is 5.75 Å². The zero-order valence-electron chi connectivity index (χ0n) is 57.6. The molecule has 3 unspecified atom stereocenters. The number of hydrogen-bond acceptors (Lipinski definition) is 21. The van der Waals surface area contributed by atoms with Crippen molar-refractivity contribution >= 4 is 76.9 Å². The van der Waals surface area contributed by atoms with E-state index in [1.807, 2.05) is 20.8 Å². The Kier molecular flexibility index (Phi) is 34.5. The van der Waals surface area contributed by atoms with Gasteiger partial charge in [0.25, 0.3) is 0 Å². The molecule has 1 aliphatic heterocycles. The zero-order valence-corrected chi connectivity index (χ0v) is 57.6. The van der Waals surface area contributed by atoms with Gasteiger partial charge in [0, 0.05) is 40.3 Å². The Hall–Kier alpha value is -8.37. The number of primary amides is 1. The third-order valence-corrected chi connectivity index (χ3v) is 16.1. The Morgan fingerprint density at radius 3 is 1.84 bits per heavy atom. The fourth-order valence-corrected chi connectivity index (χ4v) is 10.3. The van der Waals surface area contributed by atoms with E-state index in [-0.39, 0.29) is 29.6 Å². The first-order valence-corrected chi connectivity index (χ1v) is 31.7. The number of allylic oxidation sites excluding steroid dienone is 1. The van der Waals surface area contributed by atoms with E-state index in [0.29, 0.717) is 5.92 Å². The summed E-state index contributed by atoms with van der Waals surface area (Å²) in [7, 11) is 4.66. The van der Waals surface area contributed by atoms with Crippen molar-refractivity contribution in [1.29, 1.82) is 0 Å². The molecule has 1 aliphatic rings. The number of cyclic esters (lactones) is 1. The summed E-state index contributed by atoms with van der Waals surface area (Å²) in [6.45, 7) is 15.9. The lowest BCUT2D eigenvalue weighted by atomic mass is 9.87. The summed E-state index contributed by atoms with van der Waals surface area (Å²) in [5, 5.41) is 63.9. The van der Waals surface area contributed by atoms with Crippen LogP contribution < -0.4 is 59.3 Å². The summed E-state index contributed by atoms with van der Waals surface area (Å²) in [5.41, 5.74) is 12.1. The third kappa shape index (κ3) is 26.0. The van der Waals surface area contributed by atoms with Gasteiger partial charge in [-0.1, -0.05) is 72.8 Å². The number of methoxy groups -OCH3 is 2. The molecule has 0 radical (unpaired) electrons. The van der Waals surface area contributed by atoms with Crippen LogP contribution >= 0.6 is 0 Å². The first-order chi connectivity index (χ1) is 44.7. The monoisotopic (exact) mass is 1360 g/mol. The molecule has 18 atom stereocenters. The van der Waals surface area contributed by atoms with Crippen LogP contribution in [0.3, 0.4) is 0 Å². The number of likely N-dealkylation sites (N-methyl/N-ethyl adjacent to an activating group) is 2. The van der Waals surface area contributed by atoms with Gasteiger partial charge in [-0.3, -0.25) is 57.5 Å². The number of aromatic hydroxyl groups is 1. The molecule has 12 amide bonds. The van der Waals surface area contributed by atoms with Crippen LogP contribution in [-0.4, -0.2) is 240 Å². The van der Waals surface area contributed by atoms with E-state index in [1.54, 1.807) is 19.9 Å². The fourth-order valence-electron chi connectivity index (χ4n) is 10.3. The molecule has 2 rings (SSSR count). The number of carbonyl (C=O) groups excluding carboxylic acids is 13. The number of phenolic OH excluding ortho intramolecular Hbond substituents is 1. The van der Waals surface area contributed by atoms with Gasteiger partial charge in [0.1, 0.15) is 72.3 Å². The molecule has 33 nitrogen and oxygen atoms in total. The SMILES string of the molecule is COCC1NC(=O)[C@H](NC(=O)[C@@H](NC(=O)[C@@H](NC(=O)[C@@H](NC(=O)CNC(=O)CC(O)/C=C\C(C)CC(C)C)[C@@H](C)O)[C@H](C)N)[C@@H](C)[C@@H](C)C(N)=O)[C@@H](C)OC(=O)[C@H](C)N(C)C(=O)[C@@H]([C@H](OC)c2ccc(O)cc2)NC(=O)[C@H]([C@@H](C)O)N(C)C(=O)[C@H](CC(C)C)NC(=O)CNC1=O. The van der Waals surface area contributed by atoms with Crippen molar-refractivity contribution in [2.75, 3.05) is 48.0 Å². The number of amides is 12. The van der Waals surface area contributed by atoms with E-state index in [2.05, 4.69) is 47.9 Å². The first kappa shape index (κ1) is 83.7. The molecule has 540 valence electrons. The lowest BCUT2D eigenvalue weighted by Crippen LogP contribution is -2.65.